The van der Waals surface area contributed by atoms with Gasteiger partial charge in [-0.25, -0.2) is 4.98 Å². The molecule has 0 bridgehead atoms. The molecule has 1 aromatic carbocycles. The summed E-state index contributed by atoms with van der Waals surface area (Å²) in [5.41, 5.74) is -0.385. The van der Waals surface area contributed by atoms with Crippen molar-refractivity contribution < 1.29 is 22.5 Å². The molecule has 0 saturated carbocycles. The van der Waals surface area contributed by atoms with Gasteiger partial charge in [0, 0.05) is 7.05 Å². The zero-order chi connectivity index (χ0) is 23.8. The summed E-state index contributed by atoms with van der Waals surface area (Å²) >= 11 is 0. The molecule has 4 rings (SSSR count). The van der Waals surface area contributed by atoms with Crippen LogP contribution in [0.25, 0.3) is 17.2 Å². The SMILES string of the molecule is CCCN(CCC)Cc1nc(-c2ncn3c2CN(C)C(=O)c2c-3cccc2C(F)(F)F)no1. The molecule has 0 fully saturated rings. The van der Waals surface area contributed by atoms with Crippen LogP contribution in [0, 0.1) is 0 Å². The number of benzene rings is 1. The van der Waals surface area contributed by atoms with Gasteiger partial charge in [0.05, 0.1) is 35.6 Å². The molecule has 0 radical (unpaired) electrons. The number of hydrogen-bond donors (Lipinski definition) is 0. The number of alkyl halides is 3. The van der Waals surface area contributed by atoms with E-state index in [-0.39, 0.29) is 18.1 Å². The largest absolute Gasteiger partial charge is 0.417 e. The van der Waals surface area contributed by atoms with Gasteiger partial charge >= 0.3 is 6.18 Å². The fourth-order valence-electron chi connectivity index (χ4n) is 4.12. The summed E-state index contributed by atoms with van der Waals surface area (Å²) in [4.78, 5) is 25.2. The summed E-state index contributed by atoms with van der Waals surface area (Å²) in [6, 6.07) is 3.68. The number of aromatic nitrogens is 4. The molecule has 0 saturated heterocycles. The van der Waals surface area contributed by atoms with Crippen LogP contribution in [-0.2, 0) is 19.3 Å². The maximum atomic E-state index is 13.6. The standard InChI is InChI=1S/C22H25F3N6O2/c1-4-9-30(10-5-2)12-17-27-20(28-33-17)19-16-11-29(3)21(32)18-14(22(23,24)25)7-6-8-15(18)31(16)13-26-19/h6-8,13H,4-5,9-12H2,1-3H3. The molecular weight excluding hydrogens is 437 g/mol. The Hall–Kier alpha value is -3.21. The lowest BCUT2D eigenvalue weighted by Crippen LogP contribution is -2.27. The van der Waals surface area contributed by atoms with Crippen LogP contribution in [0.5, 0.6) is 0 Å². The molecule has 1 amide bonds. The van der Waals surface area contributed by atoms with Crippen molar-refractivity contribution in [3.05, 3.63) is 47.2 Å². The summed E-state index contributed by atoms with van der Waals surface area (Å²) in [7, 11) is 1.46. The van der Waals surface area contributed by atoms with Crippen molar-refractivity contribution in [3.63, 3.8) is 0 Å². The fraction of sp³-hybridized carbons (Fsp3) is 0.455. The second kappa shape index (κ2) is 8.97. The summed E-state index contributed by atoms with van der Waals surface area (Å²) in [5.74, 6) is -0.0365. The number of carbonyl (C=O) groups excluding carboxylic acids is 1. The van der Waals surface area contributed by atoms with E-state index in [4.69, 9.17) is 4.52 Å². The minimum Gasteiger partial charge on any atom is -0.337 e. The lowest BCUT2D eigenvalue weighted by Gasteiger charge is -2.18. The minimum atomic E-state index is -4.67. The average Bonchev–Trinajstić information content (AvgIpc) is 3.37. The highest BCUT2D eigenvalue weighted by Crippen LogP contribution is 2.38. The first-order chi connectivity index (χ1) is 15.7. The Kier molecular flexibility index (Phi) is 6.24. The highest BCUT2D eigenvalue weighted by Gasteiger charge is 2.39. The molecule has 1 aliphatic heterocycles. The third-order valence-corrected chi connectivity index (χ3v) is 5.54. The van der Waals surface area contributed by atoms with E-state index in [0.29, 0.717) is 23.8 Å². The van der Waals surface area contributed by atoms with E-state index < -0.39 is 23.2 Å². The van der Waals surface area contributed by atoms with Crippen molar-refractivity contribution in [3.8, 4) is 17.2 Å². The maximum absolute atomic E-state index is 13.6. The monoisotopic (exact) mass is 462 g/mol. The second-order valence-corrected chi connectivity index (χ2v) is 8.06. The molecule has 11 heteroatoms. The van der Waals surface area contributed by atoms with E-state index in [9.17, 15) is 18.0 Å². The number of fused-ring (bicyclic) bond motifs is 3. The van der Waals surface area contributed by atoms with Crippen molar-refractivity contribution in [1.29, 1.82) is 0 Å². The Labute approximate surface area is 189 Å². The highest BCUT2D eigenvalue weighted by molar-refractivity contribution is 6.00. The molecule has 8 nitrogen and oxygen atoms in total. The van der Waals surface area contributed by atoms with Crippen LogP contribution in [-0.4, -0.2) is 55.5 Å². The summed E-state index contributed by atoms with van der Waals surface area (Å²) in [6.07, 6.45) is -1.28. The quantitative estimate of drug-likeness (QED) is 0.525. The van der Waals surface area contributed by atoms with Crippen molar-refractivity contribution in [2.24, 2.45) is 0 Å². The van der Waals surface area contributed by atoms with Crippen molar-refractivity contribution in [1.82, 2.24) is 29.5 Å². The number of nitrogens with zero attached hydrogens (tertiary/aromatic N) is 6. The van der Waals surface area contributed by atoms with Gasteiger partial charge < -0.3 is 9.42 Å². The second-order valence-electron chi connectivity index (χ2n) is 8.06. The predicted molar refractivity (Wildman–Crippen MR) is 114 cm³/mol. The number of rotatable bonds is 7. The van der Waals surface area contributed by atoms with Gasteiger partial charge in [0.15, 0.2) is 0 Å². The maximum Gasteiger partial charge on any atom is 0.417 e. The van der Waals surface area contributed by atoms with Crippen molar-refractivity contribution in [2.45, 2.75) is 46.0 Å². The third-order valence-electron chi connectivity index (χ3n) is 5.54. The molecule has 0 unspecified atom stereocenters. The lowest BCUT2D eigenvalue weighted by atomic mass is 10.0. The fourth-order valence-corrected chi connectivity index (χ4v) is 4.12. The predicted octanol–water partition coefficient (Wildman–Crippen LogP) is 4.15. The zero-order valence-electron chi connectivity index (χ0n) is 18.7. The third kappa shape index (κ3) is 4.37. The molecule has 33 heavy (non-hydrogen) atoms. The molecule has 1 aliphatic rings. The molecule has 3 aromatic rings. The van der Waals surface area contributed by atoms with Gasteiger partial charge in [0.25, 0.3) is 5.91 Å². The summed E-state index contributed by atoms with van der Waals surface area (Å²) in [5, 5.41) is 4.06. The van der Waals surface area contributed by atoms with Crippen LogP contribution in [0.1, 0.15) is 54.2 Å². The Morgan fingerprint density at radius 2 is 1.91 bits per heavy atom. The van der Waals surface area contributed by atoms with Crippen LogP contribution >= 0.6 is 0 Å². The Morgan fingerprint density at radius 3 is 2.58 bits per heavy atom. The molecule has 2 aromatic heterocycles. The van der Waals surface area contributed by atoms with Crippen molar-refractivity contribution >= 4 is 5.91 Å². The first kappa shape index (κ1) is 23.0. The highest BCUT2D eigenvalue weighted by atomic mass is 19.4. The molecule has 3 heterocycles. The number of amides is 1. The van der Waals surface area contributed by atoms with Crippen LogP contribution in [0.4, 0.5) is 13.2 Å². The van der Waals surface area contributed by atoms with Crippen molar-refractivity contribution in [2.75, 3.05) is 20.1 Å². The van der Waals surface area contributed by atoms with E-state index in [1.165, 1.54) is 35.0 Å². The van der Waals surface area contributed by atoms with E-state index in [1.807, 2.05) is 0 Å². The van der Waals surface area contributed by atoms with Gasteiger partial charge in [0.2, 0.25) is 11.7 Å². The van der Waals surface area contributed by atoms with E-state index >= 15 is 0 Å². The zero-order valence-corrected chi connectivity index (χ0v) is 18.7. The molecule has 0 aliphatic carbocycles. The van der Waals surface area contributed by atoms with E-state index in [2.05, 4.69) is 33.9 Å². The van der Waals surface area contributed by atoms with Gasteiger partial charge in [0.1, 0.15) is 12.0 Å². The van der Waals surface area contributed by atoms with Gasteiger partial charge in [-0.3, -0.25) is 14.3 Å². The molecule has 176 valence electrons. The number of hydrogen-bond acceptors (Lipinski definition) is 6. The van der Waals surface area contributed by atoms with E-state index in [1.54, 1.807) is 0 Å². The van der Waals surface area contributed by atoms with Crippen LogP contribution in [0.3, 0.4) is 0 Å². The summed E-state index contributed by atoms with van der Waals surface area (Å²) in [6.45, 7) is 6.54. The smallest absolute Gasteiger partial charge is 0.337 e. The van der Waals surface area contributed by atoms with Gasteiger partial charge in [-0.1, -0.05) is 25.1 Å². The Balaban J connectivity index is 1.74. The average molecular weight is 462 g/mol. The number of carbonyl (C=O) groups is 1. The topological polar surface area (TPSA) is 80.3 Å². The van der Waals surface area contributed by atoms with Gasteiger partial charge in [-0.2, -0.15) is 18.2 Å². The minimum absolute atomic E-state index is 0.0435. The Morgan fingerprint density at radius 1 is 1.18 bits per heavy atom. The molecular formula is C22H25F3N6O2. The van der Waals surface area contributed by atoms with Crippen LogP contribution < -0.4 is 0 Å². The molecule has 0 atom stereocenters. The van der Waals surface area contributed by atoms with Crippen LogP contribution in [0.2, 0.25) is 0 Å². The summed E-state index contributed by atoms with van der Waals surface area (Å²) < 4.78 is 47.9. The first-order valence-electron chi connectivity index (χ1n) is 10.8. The number of imidazole rings is 1. The van der Waals surface area contributed by atoms with Gasteiger partial charge in [-0.05, 0) is 38.1 Å². The molecule has 0 N–H and O–H groups in total. The first-order valence-corrected chi connectivity index (χ1v) is 10.8. The van der Waals surface area contributed by atoms with Gasteiger partial charge in [-0.15, -0.1) is 0 Å². The lowest BCUT2D eigenvalue weighted by molar-refractivity contribution is -0.138. The van der Waals surface area contributed by atoms with Crippen LogP contribution in [0.15, 0.2) is 29.0 Å². The van der Waals surface area contributed by atoms with E-state index in [0.717, 1.165) is 32.0 Å². The number of halogens is 3. The normalized spacial score (nSPS) is 13.9. The molecule has 0 spiro atoms. The Bertz CT molecular complexity index is 1150.